The molecule has 2 rings (SSSR count). The summed E-state index contributed by atoms with van der Waals surface area (Å²) in [4.78, 5) is 24.1. The maximum absolute atomic E-state index is 12.6. The first kappa shape index (κ1) is 21.1. The fraction of sp³-hybridized carbons (Fsp3) is 0.947. The first-order chi connectivity index (χ1) is 11.0. The number of aliphatic hydroxyl groups is 1. The van der Waals surface area contributed by atoms with Gasteiger partial charge < -0.3 is 9.84 Å². The van der Waals surface area contributed by atoms with Crippen molar-refractivity contribution in [1.29, 1.82) is 0 Å². The second-order valence-corrected chi connectivity index (χ2v) is 8.67. The minimum atomic E-state index is -1.02. The molecule has 5 nitrogen and oxygen atoms in total. The molecule has 0 heterocycles. The number of esters is 1. The number of rotatable bonds is 4. The minimum absolute atomic E-state index is 0.249. The highest BCUT2D eigenvalue weighted by atomic mass is 16.6. The third-order valence-corrected chi connectivity index (χ3v) is 5.45. The van der Waals surface area contributed by atoms with Crippen LogP contribution in [-0.2, 0) is 9.53 Å². The Labute approximate surface area is 146 Å². The van der Waals surface area contributed by atoms with E-state index in [1.165, 1.54) is 0 Å². The van der Waals surface area contributed by atoms with Gasteiger partial charge in [0.2, 0.25) is 0 Å². The molecule has 2 fully saturated rings. The summed E-state index contributed by atoms with van der Waals surface area (Å²) in [7, 11) is 0. The third kappa shape index (κ3) is 4.35. The molecule has 2 bridgehead atoms. The molecule has 0 aromatic carbocycles. The zero-order valence-electron chi connectivity index (χ0n) is 16.4. The van der Waals surface area contributed by atoms with E-state index in [0.29, 0.717) is 38.5 Å². The molecular weight excluding hydrogens is 306 g/mol. The Bertz CT molecular complexity index is 474. The van der Waals surface area contributed by atoms with Gasteiger partial charge in [-0.05, 0) is 46.0 Å². The van der Waals surface area contributed by atoms with Gasteiger partial charge in [-0.25, -0.2) is 0 Å². The summed E-state index contributed by atoms with van der Waals surface area (Å²) in [6.07, 6.45) is 3.20. The largest absolute Gasteiger partial charge is 0.458 e. The molecule has 0 aromatic heterocycles. The van der Waals surface area contributed by atoms with E-state index in [0.717, 1.165) is 0 Å². The predicted molar refractivity (Wildman–Crippen MR) is 95.6 cm³/mol. The van der Waals surface area contributed by atoms with E-state index < -0.39 is 22.2 Å². The quantitative estimate of drug-likeness (QED) is 0.599. The smallest absolute Gasteiger partial charge is 0.312 e. The van der Waals surface area contributed by atoms with Crippen LogP contribution in [0.1, 0.15) is 87.0 Å². The predicted octanol–water partition coefficient (Wildman–Crippen LogP) is 4.60. The van der Waals surface area contributed by atoms with Crippen molar-refractivity contribution < 1.29 is 14.6 Å². The molecule has 0 aliphatic heterocycles. The lowest BCUT2D eigenvalue weighted by Crippen LogP contribution is -2.60. The molecule has 0 amide bonds. The minimum Gasteiger partial charge on any atom is -0.458 e. The Kier molecular flexibility index (Phi) is 6.24. The lowest BCUT2D eigenvalue weighted by molar-refractivity contribution is -0.201. The molecule has 0 radical (unpaired) electrons. The van der Waals surface area contributed by atoms with Crippen molar-refractivity contribution >= 4 is 5.97 Å². The monoisotopic (exact) mass is 341 g/mol. The zero-order chi connectivity index (χ0) is 18.8. The van der Waals surface area contributed by atoms with Gasteiger partial charge in [-0.2, -0.15) is 4.91 Å². The Balaban J connectivity index is 0.00000139. The zero-order valence-corrected chi connectivity index (χ0v) is 16.4. The maximum Gasteiger partial charge on any atom is 0.312 e. The number of carbonyl (C=O) groups excluding carboxylic acids is 1. The second-order valence-electron chi connectivity index (χ2n) is 8.67. The summed E-state index contributed by atoms with van der Waals surface area (Å²) in [5.41, 5.74) is -3.16. The normalized spacial score (nSPS) is 38.6. The Hall–Kier alpha value is -0.970. The highest BCUT2D eigenvalue weighted by Crippen LogP contribution is 2.54. The first-order valence-corrected chi connectivity index (χ1v) is 9.28. The lowest BCUT2D eigenvalue weighted by Gasteiger charge is -2.55. The molecule has 1 N–H and O–H groups in total. The summed E-state index contributed by atoms with van der Waals surface area (Å²) in [5.74, 6) is 0.00156. The van der Waals surface area contributed by atoms with Crippen molar-refractivity contribution in [3.63, 3.8) is 0 Å². The van der Waals surface area contributed by atoms with Gasteiger partial charge in [0.25, 0.3) is 0 Å². The Morgan fingerprint density at radius 2 is 1.83 bits per heavy atom. The van der Waals surface area contributed by atoms with E-state index in [4.69, 9.17) is 4.74 Å². The molecule has 2 aliphatic rings. The van der Waals surface area contributed by atoms with E-state index in [2.05, 4.69) is 12.1 Å². The van der Waals surface area contributed by atoms with E-state index in [9.17, 15) is 14.8 Å². The molecule has 24 heavy (non-hydrogen) atoms. The molecule has 0 saturated heterocycles. The summed E-state index contributed by atoms with van der Waals surface area (Å²) >= 11 is 0. The summed E-state index contributed by atoms with van der Waals surface area (Å²) in [6.45, 7) is 13.5. The van der Waals surface area contributed by atoms with Crippen molar-refractivity contribution in [3.05, 3.63) is 4.91 Å². The second kappa shape index (κ2) is 7.11. The van der Waals surface area contributed by atoms with Crippen LogP contribution in [0.2, 0.25) is 0 Å². The van der Waals surface area contributed by atoms with E-state index in [1.54, 1.807) is 6.92 Å². The highest BCUT2D eigenvalue weighted by Gasteiger charge is 2.60. The number of hydrogen-bond donors (Lipinski definition) is 1. The van der Waals surface area contributed by atoms with Gasteiger partial charge in [0.05, 0.1) is 11.0 Å². The van der Waals surface area contributed by atoms with Crippen molar-refractivity contribution in [3.8, 4) is 0 Å². The molecule has 0 spiro atoms. The summed E-state index contributed by atoms with van der Waals surface area (Å²) < 4.78 is 5.94. The topological polar surface area (TPSA) is 76.0 Å². The summed E-state index contributed by atoms with van der Waals surface area (Å²) in [5, 5.41) is 14.0. The number of nitrogens with zero attached hydrogens (tertiary/aromatic N) is 1. The number of nitroso groups, excluding NO2 is 1. The van der Waals surface area contributed by atoms with Crippen molar-refractivity contribution in [2.75, 3.05) is 0 Å². The average molecular weight is 341 g/mol. The average Bonchev–Trinajstić information content (AvgIpc) is 2.46. The van der Waals surface area contributed by atoms with Crippen LogP contribution in [0, 0.1) is 16.2 Å². The van der Waals surface area contributed by atoms with Crippen LogP contribution in [0.5, 0.6) is 0 Å². The maximum atomic E-state index is 12.6. The molecule has 0 aromatic rings. The van der Waals surface area contributed by atoms with Crippen molar-refractivity contribution in [2.24, 2.45) is 16.5 Å². The van der Waals surface area contributed by atoms with Gasteiger partial charge in [-0.1, -0.05) is 32.9 Å². The van der Waals surface area contributed by atoms with Gasteiger partial charge >= 0.3 is 5.97 Å². The van der Waals surface area contributed by atoms with E-state index in [-0.39, 0.29) is 11.9 Å². The van der Waals surface area contributed by atoms with E-state index >= 15 is 0 Å². The number of ether oxygens (including phenoxy) is 1. The van der Waals surface area contributed by atoms with Crippen LogP contribution < -0.4 is 0 Å². The van der Waals surface area contributed by atoms with Gasteiger partial charge in [0.1, 0.15) is 11.1 Å². The van der Waals surface area contributed by atoms with Gasteiger partial charge in [-0.15, -0.1) is 0 Å². The number of carbonyl (C=O) groups is 1. The lowest BCUT2D eigenvalue weighted by atomic mass is 9.57. The molecule has 5 heteroatoms. The van der Waals surface area contributed by atoms with Gasteiger partial charge in [-0.3, -0.25) is 4.79 Å². The van der Waals surface area contributed by atoms with Crippen LogP contribution in [-0.4, -0.2) is 27.8 Å². The molecule has 2 saturated carbocycles. The van der Waals surface area contributed by atoms with Crippen molar-refractivity contribution in [2.45, 2.75) is 104 Å². The number of fused-ring (bicyclic) bond motifs is 2. The fourth-order valence-electron chi connectivity index (χ4n) is 4.53. The fourth-order valence-corrected chi connectivity index (χ4v) is 4.53. The van der Waals surface area contributed by atoms with Crippen LogP contribution in [0.25, 0.3) is 0 Å². The van der Waals surface area contributed by atoms with E-state index in [1.807, 2.05) is 34.6 Å². The SMILES string of the molecule is CC.CCC(C)(C)C(=O)OC12CC(C)CC(N=O)(CC(C)(O)C1)C2. The first-order valence-electron chi connectivity index (χ1n) is 9.28. The Morgan fingerprint density at radius 3 is 2.33 bits per heavy atom. The van der Waals surface area contributed by atoms with Crippen LogP contribution >= 0.6 is 0 Å². The molecule has 2 aliphatic carbocycles. The van der Waals surface area contributed by atoms with Crippen LogP contribution in [0.3, 0.4) is 0 Å². The van der Waals surface area contributed by atoms with Crippen molar-refractivity contribution in [1.82, 2.24) is 0 Å². The van der Waals surface area contributed by atoms with Gasteiger partial charge in [0.15, 0.2) is 0 Å². The molecule has 4 unspecified atom stereocenters. The van der Waals surface area contributed by atoms with Crippen LogP contribution in [0.4, 0.5) is 0 Å². The Morgan fingerprint density at radius 1 is 1.25 bits per heavy atom. The molecule has 4 atom stereocenters. The standard InChI is InChI=1S/C17H29NO4.C2H6/c1-6-14(3,4)13(19)22-17-8-12(2)7-16(11-17,18-21)9-15(5,20)10-17;1-2/h12,20H,6-11H2,1-5H3;1-2H3. The van der Waals surface area contributed by atoms with Crippen LogP contribution in [0.15, 0.2) is 5.18 Å². The third-order valence-electron chi connectivity index (χ3n) is 5.45. The highest BCUT2D eigenvalue weighted by molar-refractivity contribution is 5.76. The molecule has 140 valence electrons. The van der Waals surface area contributed by atoms with Gasteiger partial charge in [0, 0.05) is 19.3 Å². The molecular formula is C19H35NO4. The number of hydrogen-bond acceptors (Lipinski definition) is 5. The summed E-state index contributed by atoms with van der Waals surface area (Å²) in [6, 6.07) is 0.